The van der Waals surface area contributed by atoms with Crippen molar-refractivity contribution in [2.24, 2.45) is 4.36 Å². The average Bonchev–Trinajstić information content (AvgIpc) is 2.92. The van der Waals surface area contributed by atoms with Gasteiger partial charge in [0.05, 0.1) is 21.8 Å². The van der Waals surface area contributed by atoms with E-state index in [1.54, 1.807) is 0 Å². The first kappa shape index (κ1) is 27.6. The van der Waals surface area contributed by atoms with E-state index in [2.05, 4.69) is 14.7 Å². The van der Waals surface area contributed by atoms with Gasteiger partial charge in [0.25, 0.3) is 5.91 Å². The number of carbonyl (C=O) groups excluding carboxylic acids is 1. The molecule has 0 bridgehead atoms. The lowest BCUT2D eigenvalue weighted by Gasteiger charge is -2.27. The molecular formula is C21H20ClF5N4O4S. The Bertz CT molecular complexity index is 1310. The number of alkyl halides is 5. The first-order chi connectivity index (χ1) is 16.6. The highest BCUT2D eigenvalue weighted by Gasteiger charge is 2.37. The zero-order valence-corrected chi connectivity index (χ0v) is 20.2. The number of nitrogens with one attached hydrogen (secondary N) is 1. The van der Waals surface area contributed by atoms with E-state index in [9.17, 15) is 35.8 Å². The summed E-state index contributed by atoms with van der Waals surface area (Å²) in [4.78, 5) is 29.0. The van der Waals surface area contributed by atoms with Crippen LogP contribution in [0.1, 0.15) is 35.2 Å². The third kappa shape index (κ3) is 6.60. The van der Waals surface area contributed by atoms with Crippen molar-refractivity contribution in [3.8, 4) is 0 Å². The molecule has 1 saturated heterocycles. The molecule has 196 valence electrons. The zero-order valence-electron chi connectivity index (χ0n) is 18.6. The summed E-state index contributed by atoms with van der Waals surface area (Å²) in [6.07, 6.45) is -5.45. The molecule has 2 heterocycles. The van der Waals surface area contributed by atoms with E-state index >= 15 is 0 Å². The van der Waals surface area contributed by atoms with Crippen molar-refractivity contribution >= 4 is 44.7 Å². The summed E-state index contributed by atoms with van der Waals surface area (Å²) < 4.78 is 83.9. The number of pyridine rings is 1. The predicted octanol–water partition coefficient (Wildman–Crippen LogP) is 5.77. The predicted molar refractivity (Wildman–Crippen MR) is 122 cm³/mol. The van der Waals surface area contributed by atoms with Gasteiger partial charge in [0.2, 0.25) is 5.92 Å². The smallest absolute Gasteiger partial charge is 0.439 e. The van der Waals surface area contributed by atoms with Crippen LogP contribution >= 0.6 is 11.6 Å². The summed E-state index contributed by atoms with van der Waals surface area (Å²) in [5.74, 6) is -3.91. The fourth-order valence-corrected chi connectivity index (χ4v) is 4.88. The van der Waals surface area contributed by atoms with Gasteiger partial charge < -0.3 is 15.3 Å². The van der Waals surface area contributed by atoms with Crippen LogP contribution in [0.5, 0.6) is 0 Å². The molecule has 0 spiro atoms. The van der Waals surface area contributed by atoms with Gasteiger partial charge in [0, 0.05) is 44.1 Å². The fourth-order valence-electron chi connectivity index (χ4n) is 3.62. The fraction of sp³-hybridized carbons (Fsp3) is 0.381. The van der Waals surface area contributed by atoms with Crippen molar-refractivity contribution in [2.45, 2.75) is 36.4 Å². The number of halogens is 6. The first-order valence-electron chi connectivity index (χ1n) is 10.4. The molecule has 2 aromatic rings. The Morgan fingerprint density at radius 2 is 1.92 bits per heavy atom. The van der Waals surface area contributed by atoms with Gasteiger partial charge in [-0.15, -0.1) is 4.36 Å². The minimum Gasteiger partial charge on any atom is -0.463 e. The van der Waals surface area contributed by atoms with Crippen LogP contribution in [0.3, 0.4) is 0 Å². The van der Waals surface area contributed by atoms with Crippen molar-refractivity contribution < 1.29 is 40.9 Å². The summed E-state index contributed by atoms with van der Waals surface area (Å²) in [6.45, 7) is -0.303. The number of rotatable bonds is 4. The number of hydrogen-bond donors (Lipinski definition) is 2. The highest BCUT2D eigenvalue weighted by atomic mass is 35.5. The van der Waals surface area contributed by atoms with Crippen molar-refractivity contribution in [3.05, 3.63) is 46.6 Å². The summed E-state index contributed by atoms with van der Waals surface area (Å²) in [5, 5.41) is 10.2. The quantitative estimate of drug-likeness (QED) is 0.464. The van der Waals surface area contributed by atoms with E-state index in [0.717, 1.165) is 24.6 Å². The van der Waals surface area contributed by atoms with Crippen molar-refractivity contribution in [1.82, 2.24) is 4.98 Å². The first-order valence-corrected chi connectivity index (χ1v) is 12.7. The maximum absolute atomic E-state index is 13.9. The number of aromatic nitrogens is 1. The van der Waals surface area contributed by atoms with Crippen LogP contribution in [0, 0.1) is 0 Å². The molecule has 2 amide bonds. The van der Waals surface area contributed by atoms with E-state index in [1.807, 2.05) is 0 Å². The minimum atomic E-state index is -4.86. The number of hydrogen-bond acceptors (Lipinski definition) is 5. The standard InChI is InChI=1S/C21H20ClF5N4O4S/c1-36(35,30-19(33)34)17-9-12(3-6-28-17)29-18(32)13-10-15(22)14(21(25,26)27)11-16(13)31-7-2-4-20(23,24)5-8-31/h3,6,9-11H,2,4-5,7-8H2,1H3,(H,33,34)(H,28,29,32). The van der Waals surface area contributed by atoms with Crippen molar-refractivity contribution in [3.63, 3.8) is 0 Å². The molecule has 0 radical (unpaired) electrons. The number of anilines is 2. The number of amides is 2. The summed E-state index contributed by atoms with van der Waals surface area (Å²) in [7, 11) is -3.46. The Kier molecular flexibility index (Phi) is 7.79. The minimum absolute atomic E-state index is 0.00969. The third-order valence-electron chi connectivity index (χ3n) is 5.33. The second kappa shape index (κ2) is 10.2. The molecule has 0 saturated carbocycles. The second-order valence-electron chi connectivity index (χ2n) is 8.06. The van der Waals surface area contributed by atoms with E-state index in [1.165, 1.54) is 11.0 Å². The maximum Gasteiger partial charge on any atom is 0.439 e. The van der Waals surface area contributed by atoms with Gasteiger partial charge in [0.1, 0.15) is 14.8 Å². The van der Waals surface area contributed by atoms with Crippen LogP contribution in [0.25, 0.3) is 0 Å². The topological polar surface area (TPSA) is 112 Å². The number of carbonyl (C=O) groups is 2. The van der Waals surface area contributed by atoms with E-state index < -0.39 is 57.3 Å². The van der Waals surface area contributed by atoms with Crippen LogP contribution < -0.4 is 10.2 Å². The number of benzene rings is 1. The van der Waals surface area contributed by atoms with Gasteiger partial charge in [-0.2, -0.15) is 13.2 Å². The van der Waals surface area contributed by atoms with E-state index in [-0.39, 0.29) is 41.5 Å². The highest BCUT2D eigenvalue weighted by molar-refractivity contribution is 7.93. The third-order valence-corrected chi connectivity index (χ3v) is 7.14. The maximum atomic E-state index is 13.9. The van der Waals surface area contributed by atoms with Crippen LogP contribution in [0.15, 0.2) is 39.9 Å². The normalized spacial score (nSPS) is 17.6. The van der Waals surface area contributed by atoms with Gasteiger partial charge in [-0.3, -0.25) is 4.79 Å². The lowest BCUT2D eigenvalue weighted by Crippen LogP contribution is -2.29. The molecule has 8 nitrogen and oxygen atoms in total. The van der Waals surface area contributed by atoms with E-state index in [4.69, 9.17) is 16.7 Å². The molecule has 3 rings (SSSR count). The van der Waals surface area contributed by atoms with Gasteiger partial charge in [-0.05, 0) is 30.7 Å². The molecule has 15 heteroatoms. The van der Waals surface area contributed by atoms with Crippen LogP contribution in [-0.4, -0.2) is 51.6 Å². The highest BCUT2D eigenvalue weighted by Crippen LogP contribution is 2.40. The SMILES string of the molecule is CS(=O)(=NC(=O)O)c1cc(NC(=O)c2cc(Cl)c(C(F)(F)F)cc2N2CCCC(F)(F)CC2)ccn1. The zero-order chi connectivity index (χ0) is 26.9. The van der Waals surface area contributed by atoms with Gasteiger partial charge in [-0.25, -0.2) is 22.8 Å². The monoisotopic (exact) mass is 554 g/mol. The molecule has 0 aliphatic carbocycles. The largest absolute Gasteiger partial charge is 0.463 e. The van der Waals surface area contributed by atoms with Gasteiger partial charge >= 0.3 is 12.3 Å². The van der Waals surface area contributed by atoms with Gasteiger partial charge in [0.15, 0.2) is 0 Å². The molecule has 1 aromatic carbocycles. The molecule has 1 fully saturated rings. The molecular weight excluding hydrogens is 535 g/mol. The molecule has 1 atom stereocenters. The Labute approximate surface area is 207 Å². The molecule has 36 heavy (non-hydrogen) atoms. The van der Waals surface area contributed by atoms with E-state index in [0.29, 0.717) is 6.07 Å². The number of nitrogens with zero attached hydrogens (tertiary/aromatic N) is 3. The van der Waals surface area contributed by atoms with Gasteiger partial charge in [-0.1, -0.05) is 11.6 Å². The van der Waals surface area contributed by atoms with Crippen molar-refractivity contribution in [1.29, 1.82) is 0 Å². The summed E-state index contributed by atoms with van der Waals surface area (Å²) in [6, 6.07) is 3.84. The summed E-state index contributed by atoms with van der Waals surface area (Å²) in [5.41, 5.74) is -1.76. The molecule has 1 aromatic heterocycles. The Hall–Kier alpha value is -3.00. The Morgan fingerprint density at radius 3 is 2.56 bits per heavy atom. The Balaban J connectivity index is 2.03. The lowest BCUT2D eigenvalue weighted by atomic mass is 10.1. The van der Waals surface area contributed by atoms with Crippen LogP contribution in [0.4, 0.5) is 38.1 Å². The lowest BCUT2D eigenvalue weighted by molar-refractivity contribution is -0.137. The van der Waals surface area contributed by atoms with Crippen LogP contribution in [0.2, 0.25) is 5.02 Å². The van der Waals surface area contributed by atoms with Crippen LogP contribution in [-0.2, 0) is 15.9 Å². The number of carboxylic acid groups (broad SMARTS) is 1. The van der Waals surface area contributed by atoms with Crippen molar-refractivity contribution in [2.75, 3.05) is 29.6 Å². The molecule has 1 unspecified atom stereocenters. The Morgan fingerprint density at radius 1 is 1.22 bits per heavy atom. The molecule has 1 aliphatic heterocycles. The molecule has 2 N–H and O–H groups in total. The average molecular weight is 555 g/mol. The molecule has 1 aliphatic rings. The second-order valence-corrected chi connectivity index (χ2v) is 10.7. The summed E-state index contributed by atoms with van der Waals surface area (Å²) >= 11 is 5.83.